The molecule has 2 nitrogen and oxygen atoms in total. The van der Waals surface area contributed by atoms with Crippen LogP contribution in [0, 0.1) is 5.92 Å². The van der Waals surface area contributed by atoms with E-state index in [2.05, 4.69) is 12.2 Å². The van der Waals surface area contributed by atoms with E-state index in [9.17, 15) is 0 Å². The van der Waals surface area contributed by atoms with Crippen LogP contribution in [0.4, 0.5) is 0 Å². The average molecular weight is 256 g/mol. The highest BCUT2D eigenvalue weighted by molar-refractivity contribution is 6.29. The molecule has 1 aromatic heterocycles. The molecule has 1 N–H and O–H groups in total. The lowest BCUT2D eigenvalue weighted by Gasteiger charge is -2.26. The first kappa shape index (κ1) is 13.0. The number of hydrogen-bond acceptors (Lipinski definition) is 2. The van der Waals surface area contributed by atoms with E-state index in [1.54, 1.807) is 6.26 Å². The maximum Gasteiger partial charge on any atom is 0.197 e. The Morgan fingerprint density at radius 1 is 1.41 bits per heavy atom. The number of nitrogens with one attached hydrogen (secondary N) is 1. The van der Waals surface area contributed by atoms with Gasteiger partial charge < -0.3 is 9.73 Å². The number of halogens is 1. The van der Waals surface area contributed by atoms with Crippen molar-refractivity contribution < 1.29 is 4.42 Å². The van der Waals surface area contributed by atoms with Crippen LogP contribution in [0.3, 0.4) is 0 Å². The van der Waals surface area contributed by atoms with Crippen molar-refractivity contribution in [2.24, 2.45) is 5.92 Å². The molecule has 1 saturated carbocycles. The third-order valence-electron chi connectivity index (χ3n) is 3.77. The lowest BCUT2D eigenvalue weighted by Crippen LogP contribution is -2.24. The highest BCUT2D eigenvalue weighted by Gasteiger charge is 2.22. The van der Waals surface area contributed by atoms with Gasteiger partial charge in [-0.15, -0.1) is 0 Å². The van der Waals surface area contributed by atoms with Crippen molar-refractivity contribution in [1.29, 1.82) is 0 Å². The van der Waals surface area contributed by atoms with E-state index in [1.807, 2.05) is 6.07 Å². The van der Waals surface area contributed by atoms with Gasteiger partial charge in [-0.2, -0.15) is 0 Å². The predicted molar refractivity (Wildman–Crippen MR) is 71.3 cm³/mol. The highest BCUT2D eigenvalue weighted by Crippen LogP contribution is 2.34. The number of hydrogen-bond donors (Lipinski definition) is 1. The van der Waals surface area contributed by atoms with Crippen molar-refractivity contribution in [2.75, 3.05) is 6.54 Å². The van der Waals surface area contributed by atoms with Gasteiger partial charge in [0.1, 0.15) is 0 Å². The molecular formula is C14H22ClNO. The summed E-state index contributed by atoms with van der Waals surface area (Å²) in [7, 11) is 0. The molecule has 1 aliphatic carbocycles. The summed E-state index contributed by atoms with van der Waals surface area (Å²) in [4.78, 5) is 0. The fourth-order valence-corrected chi connectivity index (χ4v) is 3.12. The van der Waals surface area contributed by atoms with E-state index in [1.165, 1.54) is 38.5 Å². The molecule has 1 fully saturated rings. The van der Waals surface area contributed by atoms with Crippen molar-refractivity contribution in [2.45, 2.75) is 51.5 Å². The summed E-state index contributed by atoms with van der Waals surface area (Å²) < 4.78 is 5.21. The molecule has 0 aromatic carbocycles. The molecule has 0 radical (unpaired) electrons. The molecule has 1 atom stereocenters. The number of furan rings is 1. The monoisotopic (exact) mass is 255 g/mol. The summed E-state index contributed by atoms with van der Waals surface area (Å²) in [6.07, 6.45) is 9.81. The van der Waals surface area contributed by atoms with E-state index in [4.69, 9.17) is 16.0 Å². The van der Waals surface area contributed by atoms with Crippen molar-refractivity contribution in [3.8, 4) is 0 Å². The van der Waals surface area contributed by atoms with Gasteiger partial charge in [-0.3, -0.25) is 0 Å². The van der Waals surface area contributed by atoms with Crippen LogP contribution in [-0.4, -0.2) is 6.54 Å². The van der Waals surface area contributed by atoms with Crippen LogP contribution in [0.2, 0.25) is 5.22 Å². The van der Waals surface area contributed by atoms with Crippen LogP contribution in [0.15, 0.2) is 16.7 Å². The molecule has 3 heteroatoms. The molecule has 1 heterocycles. The molecule has 0 saturated heterocycles. The fraction of sp³-hybridized carbons (Fsp3) is 0.714. The van der Waals surface area contributed by atoms with Gasteiger partial charge in [0.05, 0.1) is 6.26 Å². The first-order valence-corrected chi connectivity index (χ1v) is 7.15. The highest BCUT2D eigenvalue weighted by atomic mass is 35.5. The summed E-state index contributed by atoms with van der Waals surface area (Å²) in [5.41, 5.74) is 1.12. The van der Waals surface area contributed by atoms with E-state index in [-0.39, 0.29) is 0 Å². The van der Waals surface area contributed by atoms with Gasteiger partial charge in [0.25, 0.3) is 0 Å². The van der Waals surface area contributed by atoms with E-state index < -0.39 is 0 Å². The predicted octanol–water partition coefficient (Wildman–Crippen LogP) is 4.55. The zero-order valence-corrected chi connectivity index (χ0v) is 11.3. The summed E-state index contributed by atoms with van der Waals surface area (Å²) in [6, 6.07) is 2.35. The molecular weight excluding hydrogens is 234 g/mol. The topological polar surface area (TPSA) is 25.2 Å². The van der Waals surface area contributed by atoms with Gasteiger partial charge in [-0.05, 0) is 36.6 Å². The third-order valence-corrected chi connectivity index (χ3v) is 4.07. The second kappa shape index (κ2) is 6.46. The molecule has 1 aliphatic rings. The van der Waals surface area contributed by atoms with Gasteiger partial charge in [0, 0.05) is 11.6 Å². The minimum absolute atomic E-state index is 0.356. The van der Waals surface area contributed by atoms with Gasteiger partial charge in [0.2, 0.25) is 0 Å². The van der Waals surface area contributed by atoms with E-state index >= 15 is 0 Å². The van der Waals surface area contributed by atoms with Crippen LogP contribution in [0.25, 0.3) is 0 Å². The van der Waals surface area contributed by atoms with Crippen molar-refractivity contribution in [3.05, 3.63) is 23.1 Å². The molecule has 0 amide bonds. The Morgan fingerprint density at radius 3 is 2.76 bits per heavy atom. The van der Waals surface area contributed by atoms with Gasteiger partial charge in [0.15, 0.2) is 5.22 Å². The van der Waals surface area contributed by atoms with Gasteiger partial charge in [-0.1, -0.05) is 39.0 Å². The van der Waals surface area contributed by atoms with Gasteiger partial charge in [-0.25, -0.2) is 0 Å². The van der Waals surface area contributed by atoms with Gasteiger partial charge >= 0.3 is 0 Å². The zero-order chi connectivity index (χ0) is 12.1. The summed E-state index contributed by atoms with van der Waals surface area (Å²) >= 11 is 6.08. The summed E-state index contributed by atoms with van der Waals surface area (Å²) in [5.74, 6) is 0.846. The van der Waals surface area contributed by atoms with E-state index in [0.29, 0.717) is 11.3 Å². The quantitative estimate of drug-likeness (QED) is 0.835. The zero-order valence-electron chi connectivity index (χ0n) is 10.5. The first-order valence-electron chi connectivity index (χ1n) is 6.77. The second-order valence-electron chi connectivity index (χ2n) is 5.00. The smallest absolute Gasteiger partial charge is 0.197 e. The molecule has 0 spiro atoms. The van der Waals surface area contributed by atoms with Crippen LogP contribution >= 0.6 is 11.6 Å². The van der Waals surface area contributed by atoms with Crippen LogP contribution in [0.5, 0.6) is 0 Å². The Balaban J connectivity index is 1.99. The summed E-state index contributed by atoms with van der Waals surface area (Å²) in [6.45, 7) is 3.11. The van der Waals surface area contributed by atoms with E-state index in [0.717, 1.165) is 18.0 Å². The molecule has 2 rings (SSSR count). The van der Waals surface area contributed by atoms with Crippen molar-refractivity contribution in [1.82, 2.24) is 5.32 Å². The second-order valence-corrected chi connectivity index (χ2v) is 5.34. The molecule has 1 unspecified atom stereocenters. The minimum Gasteiger partial charge on any atom is -0.453 e. The Labute approximate surface area is 109 Å². The minimum atomic E-state index is 0.356. The third kappa shape index (κ3) is 3.49. The Kier molecular flexibility index (Phi) is 4.93. The number of rotatable bonds is 5. The maximum absolute atomic E-state index is 6.08. The Hall–Kier alpha value is -0.470. The lowest BCUT2D eigenvalue weighted by molar-refractivity contribution is 0.301. The lowest BCUT2D eigenvalue weighted by atomic mass is 9.83. The van der Waals surface area contributed by atoms with Crippen molar-refractivity contribution >= 4 is 11.6 Å². The molecule has 17 heavy (non-hydrogen) atoms. The summed E-state index contributed by atoms with van der Waals surface area (Å²) in [5, 5.41) is 4.08. The van der Waals surface area contributed by atoms with Crippen molar-refractivity contribution in [3.63, 3.8) is 0 Å². The largest absolute Gasteiger partial charge is 0.453 e. The molecule has 0 bridgehead atoms. The first-order chi connectivity index (χ1) is 8.31. The molecule has 0 aliphatic heterocycles. The standard InChI is InChI=1S/C14H22ClNO/c1-2-16-13(12-8-9-17-14(12)15)10-11-6-4-3-5-7-11/h8-9,11,13,16H,2-7,10H2,1H3. The normalized spacial score (nSPS) is 19.4. The van der Waals surface area contributed by atoms with Crippen LogP contribution < -0.4 is 5.32 Å². The van der Waals surface area contributed by atoms with Crippen LogP contribution in [0.1, 0.15) is 57.1 Å². The molecule has 96 valence electrons. The van der Waals surface area contributed by atoms with Crippen LogP contribution in [-0.2, 0) is 0 Å². The average Bonchev–Trinajstić information content (AvgIpc) is 2.76. The Bertz CT molecular complexity index is 331. The Morgan fingerprint density at radius 2 is 2.18 bits per heavy atom. The fourth-order valence-electron chi connectivity index (χ4n) is 2.88. The molecule has 1 aromatic rings. The maximum atomic E-state index is 6.08. The SMILES string of the molecule is CCNC(CC1CCCCC1)c1ccoc1Cl.